The number of aryl methyl sites for hydroxylation is 1. The molecule has 0 fully saturated rings. The highest BCUT2D eigenvalue weighted by molar-refractivity contribution is 5.97. The van der Waals surface area contributed by atoms with E-state index >= 15 is 0 Å². The van der Waals surface area contributed by atoms with Crippen LogP contribution in [0.4, 0.5) is 0 Å². The Bertz CT molecular complexity index is 744. The molecule has 1 aromatic carbocycles. The lowest BCUT2D eigenvalue weighted by molar-refractivity contribution is 0.0953. The summed E-state index contributed by atoms with van der Waals surface area (Å²) in [6.07, 6.45) is 3.85. The van der Waals surface area contributed by atoms with E-state index in [0.29, 0.717) is 24.4 Å². The van der Waals surface area contributed by atoms with Crippen molar-refractivity contribution in [3.05, 3.63) is 47.9 Å². The Labute approximate surface area is 115 Å². The van der Waals surface area contributed by atoms with Crippen molar-refractivity contribution in [2.75, 3.05) is 6.54 Å². The summed E-state index contributed by atoms with van der Waals surface area (Å²) in [6, 6.07) is 5.36. The molecule has 3 rings (SSSR count). The van der Waals surface area contributed by atoms with Gasteiger partial charge >= 0.3 is 0 Å². The van der Waals surface area contributed by atoms with Crippen molar-refractivity contribution in [3.63, 3.8) is 0 Å². The standard InChI is InChI=1S/C14H14N4O2/c1-9-7-16-13(20-9)4-5-15-14(19)10-2-3-11-12(6-10)18-8-17-11/h2-3,6-8H,4-5H2,1H3,(H,15,19)(H,17,18). The van der Waals surface area contributed by atoms with Crippen LogP contribution in [0.2, 0.25) is 0 Å². The SMILES string of the molecule is Cc1cnc(CCNC(=O)c2ccc3nc[nH]c3c2)o1. The molecule has 0 aliphatic heterocycles. The predicted octanol–water partition coefficient (Wildman–Crippen LogP) is 1.83. The van der Waals surface area contributed by atoms with Crippen LogP contribution in [0.3, 0.4) is 0 Å². The maximum absolute atomic E-state index is 12.0. The highest BCUT2D eigenvalue weighted by Crippen LogP contribution is 2.11. The highest BCUT2D eigenvalue weighted by atomic mass is 16.4. The van der Waals surface area contributed by atoms with Crippen LogP contribution in [-0.2, 0) is 6.42 Å². The summed E-state index contributed by atoms with van der Waals surface area (Å²) >= 11 is 0. The second-order valence-electron chi connectivity index (χ2n) is 4.51. The van der Waals surface area contributed by atoms with Crippen LogP contribution in [0.5, 0.6) is 0 Å². The van der Waals surface area contributed by atoms with Gasteiger partial charge in [0.1, 0.15) is 5.76 Å². The summed E-state index contributed by atoms with van der Waals surface area (Å²) in [5.74, 6) is 1.28. The van der Waals surface area contributed by atoms with Gasteiger partial charge in [0.15, 0.2) is 5.89 Å². The predicted molar refractivity (Wildman–Crippen MR) is 73.4 cm³/mol. The van der Waals surface area contributed by atoms with Crippen LogP contribution < -0.4 is 5.32 Å². The van der Waals surface area contributed by atoms with Crippen molar-refractivity contribution in [3.8, 4) is 0 Å². The Hall–Kier alpha value is -2.63. The Balaban J connectivity index is 1.61. The number of benzene rings is 1. The molecule has 1 amide bonds. The smallest absolute Gasteiger partial charge is 0.251 e. The summed E-state index contributed by atoms with van der Waals surface area (Å²) in [6.45, 7) is 2.33. The van der Waals surface area contributed by atoms with E-state index in [0.717, 1.165) is 16.8 Å². The van der Waals surface area contributed by atoms with Gasteiger partial charge in [0.2, 0.25) is 0 Å². The molecule has 0 bridgehead atoms. The molecule has 0 unspecified atom stereocenters. The number of hydrogen-bond acceptors (Lipinski definition) is 4. The number of carbonyl (C=O) groups is 1. The van der Waals surface area contributed by atoms with E-state index in [1.165, 1.54) is 0 Å². The zero-order valence-electron chi connectivity index (χ0n) is 11.0. The largest absolute Gasteiger partial charge is 0.446 e. The zero-order chi connectivity index (χ0) is 13.9. The molecule has 0 atom stereocenters. The van der Waals surface area contributed by atoms with Crippen LogP contribution in [0.25, 0.3) is 11.0 Å². The number of hydrogen-bond donors (Lipinski definition) is 2. The van der Waals surface area contributed by atoms with Crippen molar-refractivity contribution < 1.29 is 9.21 Å². The number of H-pyrrole nitrogens is 1. The first-order valence-electron chi connectivity index (χ1n) is 6.35. The van der Waals surface area contributed by atoms with Gasteiger partial charge in [-0.15, -0.1) is 0 Å². The quantitative estimate of drug-likeness (QED) is 0.757. The molecule has 102 valence electrons. The van der Waals surface area contributed by atoms with Crippen molar-refractivity contribution in [2.24, 2.45) is 0 Å². The third-order valence-corrected chi connectivity index (χ3v) is 2.98. The number of rotatable bonds is 4. The third-order valence-electron chi connectivity index (χ3n) is 2.98. The molecule has 2 aromatic heterocycles. The Morgan fingerprint density at radius 3 is 3.10 bits per heavy atom. The lowest BCUT2D eigenvalue weighted by Crippen LogP contribution is -2.25. The number of aromatic nitrogens is 3. The molecule has 6 heteroatoms. The van der Waals surface area contributed by atoms with Crippen LogP contribution in [-0.4, -0.2) is 27.4 Å². The molecule has 6 nitrogen and oxygen atoms in total. The van der Waals surface area contributed by atoms with Gasteiger partial charge in [0, 0.05) is 18.5 Å². The van der Waals surface area contributed by atoms with Crippen molar-refractivity contribution in [2.45, 2.75) is 13.3 Å². The topological polar surface area (TPSA) is 83.8 Å². The average Bonchev–Trinajstić information content (AvgIpc) is 3.06. The number of carbonyl (C=O) groups excluding carboxylic acids is 1. The fourth-order valence-corrected chi connectivity index (χ4v) is 1.98. The summed E-state index contributed by atoms with van der Waals surface area (Å²) in [4.78, 5) is 23.2. The monoisotopic (exact) mass is 270 g/mol. The van der Waals surface area contributed by atoms with Crippen LogP contribution in [0, 0.1) is 6.92 Å². The molecule has 0 saturated heterocycles. The number of fused-ring (bicyclic) bond motifs is 1. The average molecular weight is 270 g/mol. The summed E-state index contributed by atoms with van der Waals surface area (Å²) in [5, 5.41) is 2.84. The maximum Gasteiger partial charge on any atom is 0.251 e. The van der Waals surface area contributed by atoms with Crippen LogP contribution in [0.1, 0.15) is 22.0 Å². The Kier molecular flexibility index (Phi) is 3.20. The fourth-order valence-electron chi connectivity index (χ4n) is 1.98. The zero-order valence-corrected chi connectivity index (χ0v) is 11.0. The second-order valence-corrected chi connectivity index (χ2v) is 4.51. The first kappa shape index (κ1) is 12.4. The second kappa shape index (κ2) is 5.16. The first-order valence-corrected chi connectivity index (χ1v) is 6.35. The molecule has 3 aromatic rings. The number of nitrogens with zero attached hydrogens (tertiary/aromatic N) is 2. The van der Waals surface area contributed by atoms with E-state index in [1.54, 1.807) is 24.7 Å². The van der Waals surface area contributed by atoms with E-state index in [-0.39, 0.29) is 5.91 Å². The van der Waals surface area contributed by atoms with Crippen LogP contribution in [0.15, 0.2) is 35.1 Å². The molecule has 0 spiro atoms. The van der Waals surface area contributed by atoms with E-state index in [4.69, 9.17) is 4.42 Å². The van der Waals surface area contributed by atoms with Gasteiger partial charge in [-0.1, -0.05) is 0 Å². The van der Waals surface area contributed by atoms with Crippen molar-refractivity contribution >= 4 is 16.9 Å². The van der Waals surface area contributed by atoms with Gasteiger partial charge in [0.05, 0.1) is 23.6 Å². The van der Waals surface area contributed by atoms with Gasteiger partial charge < -0.3 is 14.7 Å². The fraction of sp³-hybridized carbons (Fsp3) is 0.214. The summed E-state index contributed by atoms with van der Waals surface area (Å²) in [5.41, 5.74) is 2.29. The molecular formula is C14H14N4O2. The van der Waals surface area contributed by atoms with Gasteiger partial charge in [-0.2, -0.15) is 0 Å². The molecule has 0 radical (unpaired) electrons. The highest BCUT2D eigenvalue weighted by Gasteiger charge is 2.08. The number of nitrogens with one attached hydrogen (secondary N) is 2. The Morgan fingerprint density at radius 1 is 1.40 bits per heavy atom. The van der Waals surface area contributed by atoms with E-state index in [2.05, 4.69) is 20.3 Å². The minimum absolute atomic E-state index is 0.121. The molecular weight excluding hydrogens is 256 g/mol. The van der Waals surface area contributed by atoms with Crippen LogP contribution >= 0.6 is 0 Å². The summed E-state index contributed by atoms with van der Waals surface area (Å²) in [7, 11) is 0. The van der Waals surface area contributed by atoms with Gasteiger partial charge in [0.25, 0.3) is 5.91 Å². The number of amides is 1. The lowest BCUT2D eigenvalue weighted by Gasteiger charge is -2.03. The summed E-state index contributed by atoms with van der Waals surface area (Å²) < 4.78 is 5.34. The van der Waals surface area contributed by atoms with Gasteiger partial charge in [-0.25, -0.2) is 9.97 Å². The third kappa shape index (κ3) is 2.54. The number of oxazole rings is 1. The van der Waals surface area contributed by atoms with Gasteiger partial charge in [-0.05, 0) is 25.1 Å². The first-order chi connectivity index (χ1) is 9.72. The lowest BCUT2D eigenvalue weighted by atomic mass is 10.2. The molecule has 2 heterocycles. The molecule has 2 N–H and O–H groups in total. The number of imidazole rings is 1. The van der Waals surface area contributed by atoms with E-state index in [9.17, 15) is 4.79 Å². The molecule has 0 aliphatic carbocycles. The normalized spacial score (nSPS) is 10.8. The molecule has 0 aliphatic rings. The van der Waals surface area contributed by atoms with Crippen molar-refractivity contribution in [1.29, 1.82) is 0 Å². The minimum atomic E-state index is -0.121. The molecule has 0 saturated carbocycles. The van der Waals surface area contributed by atoms with Crippen molar-refractivity contribution in [1.82, 2.24) is 20.3 Å². The van der Waals surface area contributed by atoms with E-state index < -0.39 is 0 Å². The molecule has 20 heavy (non-hydrogen) atoms. The number of aromatic amines is 1. The van der Waals surface area contributed by atoms with Gasteiger partial charge in [-0.3, -0.25) is 4.79 Å². The minimum Gasteiger partial charge on any atom is -0.446 e. The Morgan fingerprint density at radius 2 is 2.30 bits per heavy atom. The maximum atomic E-state index is 12.0. The van der Waals surface area contributed by atoms with E-state index in [1.807, 2.05) is 13.0 Å².